The summed E-state index contributed by atoms with van der Waals surface area (Å²) in [5, 5.41) is 3.32. The number of hydrogen-bond acceptors (Lipinski definition) is 3. The van der Waals surface area contributed by atoms with Crippen LogP contribution in [0.2, 0.25) is 0 Å². The molecule has 1 aliphatic heterocycles. The summed E-state index contributed by atoms with van der Waals surface area (Å²) < 4.78 is 0. The summed E-state index contributed by atoms with van der Waals surface area (Å²) in [5.74, 6) is 1.42. The molecule has 0 saturated carbocycles. The molecule has 5 heteroatoms. The Bertz CT molecular complexity index is 284. The fourth-order valence-electron chi connectivity index (χ4n) is 2.35. The van der Waals surface area contributed by atoms with Gasteiger partial charge in [-0.2, -0.15) is 11.8 Å². The average Bonchev–Trinajstić information content (AvgIpc) is 2.49. The first-order valence-electron chi connectivity index (χ1n) is 6.76. The van der Waals surface area contributed by atoms with Gasteiger partial charge in [0.15, 0.2) is 0 Å². The standard InChI is InChI=1S/C13H24N2O2S/c1-10(16)6-2-3-8-12-11(15-13(14)17)7-4-5-9-18-12/h11-12H,2-9H2,1H3,(H3,14,15,17)/t11-,12-/m0/s1. The summed E-state index contributed by atoms with van der Waals surface area (Å²) in [6, 6.07) is -0.219. The molecule has 18 heavy (non-hydrogen) atoms. The van der Waals surface area contributed by atoms with Gasteiger partial charge >= 0.3 is 6.03 Å². The third-order valence-electron chi connectivity index (χ3n) is 3.29. The first-order chi connectivity index (χ1) is 8.59. The summed E-state index contributed by atoms with van der Waals surface area (Å²) >= 11 is 1.94. The molecule has 0 aromatic carbocycles. The highest BCUT2D eigenvalue weighted by Crippen LogP contribution is 2.28. The van der Waals surface area contributed by atoms with Crippen LogP contribution in [0.5, 0.6) is 0 Å². The van der Waals surface area contributed by atoms with E-state index in [0.29, 0.717) is 11.7 Å². The number of hydrogen-bond donors (Lipinski definition) is 2. The third-order valence-corrected chi connectivity index (χ3v) is 4.80. The Hall–Kier alpha value is -0.710. The minimum atomic E-state index is -0.420. The Morgan fingerprint density at radius 1 is 1.33 bits per heavy atom. The van der Waals surface area contributed by atoms with Crippen LogP contribution in [-0.4, -0.2) is 28.9 Å². The predicted octanol–water partition coefficient (Wildman–Crippen LogP) is 2.46. The summed E-state index contributed by atoms with van der Waals surface area (Å²) in [5.41, 5.74) is 5.23. The number of unbranched alkanes of at least 4 members (excludes halogenated alkanes) is 1. The highest BCUT2D eigenvalue weighted by atomic mass is 32.2. The van der Waals surface area contributed by atoms with Gasteiger partial charge < -0.3 is 15.8 Å². The van der Waals surface area contributed by atoms with Crippen LogP contribution in [0.4, 0.5) is 4.79 Å². The van der Waals surface area contributed by atoms with Crippen molar-refractivity contribution in [1.29, 1.82) is 0 Å². The first-order valence-corrected chi connectivity index (χ1v) is 7.81. The van der Waals surface area contributed by atoms with E-state index in [1.165, 1.54) is 6.42 Å². The number of rotatable bonds is 6. The quantitative estimate of drug-likeness (QED) is 0.730. The maximum Gasteiger partial charge on any atom is 0.312 e. The van der Waals surface area contributed by atoms with Crippen LogP contribution in [0.3, 0.4) is 0 Å². The summed E-state index contributed by atoms with van der Waals surface area (Å²) in [4.78, 5) is 21.9. The zero-order valence-electron chi connectivity index (χ0n) is 11.1. The van der Waals surface area contributed by atoms with E-state index < -0.39 is 6.03 Å². The van der Waals surface area contributed by atoms with Gasteiger partial charge in [0.1, 0.15) is 5.78 Å². The van der Waals surface area contributed by atoms with E-state index >= 15 is 0 Å². The molecule has 0 aromatic heterocycles. The van der Waals surface area contributed by atoms with E-state index in [4.69, 9.17) is 5.73 Å². The molecule has 1 fully saturated rings. The van der Waals surface area contributed by atoms with E-state index in [9.17, 15) is 9.59 Å². The van der Waals surface area contributed by atoms with Crippen molar-refractivity contribution in [2.75, 3.05) is 5.75 Å². The maximum absolute atomic E-state index is 11.0. The fraction of sp³-hybridized carbons (Fsp3) is 0.846. The largest absolute Gasteiger partial charge is 0.352 e. The van der Waals surface area contributed by atoms with Crippen molar-refractivity contribution in [3.05, 3.63) is 0 Å². The minimum Gasteiger partial charge on any atom is -0.352 e. The van der Waals surface area contributed by atoms with Crippen molar-refractivity contribution in [1.82, 2.24) is 5.32 Å². The summed E-state index contributed by atoms with van der Waals surface area (Å²) in [6.07, 6.45) is 7.12. The monoisotopic (exact) mass is 272 g/mol. The molecule has 1 rings (SSSR count). The molecule has 0 radical (unpaired) electrons. The van der Waals surface area contributed by atoms with Crippen LogP contribution < -0.4 is 11.1 Å². The Morgan fingerprint density at radius 2 is 2.11 bits per heavy atom. The normalized spacial score (nSPS) is 24.3. The molecule has 1 heterocycles. The van der Waals surface area contributed by atoms with Crippen LogP contribution in [0, 0.1) is 0 Å². The third kappa shape index (κ3) is 6.28. The molecule has 0 unspecified atom stereocenters. The van der Waals surface area contributed by atoms with Gasteiger partial charge in [-0.05, 0) is 38.4 Å². The average molecular weight is 272 g/mol. The smallest absolute Gasteiger partial charge is 0.312 e. The lowest BCUT2D eigenvalue weighted by atomic mass is 10.0. The second-order valence-corrected chi connectivity index (χ2v) is 6.31. The molecule has 2 amide bonds. The number of amides is 2. The van der Waals surface area contributed by atoms with Crippen molar-refractivity contribution in [3.8, 4) is 0 Å². The Balaban J connectivity index is 2.36. The zero-order chi connectivity index (χ0) is 13.4. The second kappa shape index (κ2) is 8.40. The van der Waals surface area contributed by atoms with Crippen LogP contribution >= 0.6 is 11.8 Å². The number of urea groups is 1. The molecule has 0 aromatic rings. The SMILES string of the molecule is CC(=O)CCCC[C@@H]1SCCCC[C@@H]1NC(N)=O. The Morgan fingerprint density at radius 3 is 2.78 bits per heavy atom. The van der Waals surface area contributed by atoms with Crippen LogP contribution in [0.25, 0.3) is 0 Å². The molecule has 2 atom stereocenters. The van der Waals surface area contributed by atoms with Crippen molar-refractivity contribution in [3.63, 3.8) is 0 Å². The number of carbonyl (C=O) groups excluding carboxylic acids is 2. The van der Waals surface area contributed by atoms with Gasteiger partial charge in [-0.1, -0.05) is 12.8 Å². The highest BCUT2D eigenvalue weighted by molar-refractivity contribution is 7.99. The van der Waals surface area contributed by atoms with E-state index in [1.54, 1.807) is 6.92 Å². The number of Topliss-reactive ketones (excluding diaryl/α,β-unsaturated/α-hetero) is 1. The van der Waals surface area contributed by atoms with E-state index in [0.717, 1.165) is 37.9 Å². The van der Waals surface area contributed by atoms with Gasteiger partial charge in [0, 0.05) is 17.7 Å². The number of ketones is 1. The topological polar surface area (TPSA) is 72.2 Å². The van der Waals surface area contributed by atoms with Gasteiger partial charge in [-0.25, -0.2) is 4.79 Å². The summed E-state index contributed by atoms with van der Waals surface area (Å²) in [7, 11) is 0. The molecular weight excluding hydrogens is 248 g/mol. The number of carbonyl (C=O) groups is 2. The Labute approximate surface area is 113 Å². The lowest BCUT2D eigenvalue weighted by Crippen LogP contribution is -2.44. The Kier molecular flexibility index (Phi) is 7.16. The van der Waals surface area contributed by atoms with Gasteiger partial charge in [0.25, 0.3) is 0 Å². The molecule has 0 aliphatic carbocycles. The molecule has 1 saturated heterocycles. The molecule has 3 N–H and O–H groups in total. The molecule has 4 nitrogen and oxygen atoms in total. The second-order valence-electron chi connectivity index (χ2n) is 4.97. The zero-order valence-corrected chi connectivity index (χ0v) is 11.9. The molecule has 1 aliphatic rings. The maximum atomic E-state index is 11.0. The number of primary amides is 1. The molecule has 104 valence electrons. The van der Waals surface area contributed by atoms with Crippen LogP contribution in [0.15, 0.2) is 0 Å². The van der Waals surface area contributed by atoms with Gasteiger partial charge in [0.2, 0.25) is 0 Å². The minimum absolute atomic E-state index is 0.201. The van der Waals surface area contributed by atoms with Crippen molar-refractivity contribution in [2.24, 2.45) is 5.73 Å². The molecule has 0 spiro atoms. The lowest BCUT2D eigenvalue weighted by Gasteiger charge is -2.24. The summed E-state index contributed by atoms with van der Waals surface area (Å²) in [6.45, 7) is 1.64. The van der Waals surface area contributed by atoms with Crippen molar-refractivity contribution in [2.45, 2.75) is 63.2 Å². The van der Waals surface area contributed by atoms with Gasteiger partial charge in [0.05, 0.1) is 0 Å². The van der Waals surface area contributed by atoms with Crippen LogP contribution in [-0.2, 0) is 4.79 Å². The highest BCUT2D eigenvalue weighted by Gasteiger charge is 2.24. The van der Waals surface area contributed by atoms with E-state index in [-0.39, 0.29) is 11.8 Å². The van der Waals surface area contributed by atoms with Gasteiger partial charge in [-0.3, -0.25) is 0 Å². The molecule has 0 bridgehead atoms. The van der Waals surface area contributed by atoms with Crippen LogP contribution in [0.1, 0.15) is 51.9 Å². The first kappa shape index (κ1) is 15.3. The van der Waals surface area contributed by atoms with Crippen molar-refractivity contribution < 1.29 is 9.59 Å². The van der Waals surface area contributed by atoms with Gasteiger partial charge in [-0.15, -0.1) is 0 Å². The number of nitrogens with one attached hydrogen (secondary N) is 1. The lowest BCUT2D eigenvalue weighted by molar-refractivity contribution is -0.117. The predicted molar refractivity (Wildman–Crippen MR) is 75.8 cm³/mol. The van der Waals surface area contributed by atoms with E-state index in [2.05, 4.69) is 5.32 Å². The number of thioether (sulfide) groups is 1. The van der Waals surface area contributed by atoms with E-state index in [1.807, 2.05) is 11.8 Å². The number of nitrogens with two attached hydrogens (primary N) is 1. The molecular formula is C13H24N2O2S. The van der Waals surface area contributed by atoms with Crippen molar-refractivity contribution >= 4 is 23.6 Å². The fourth-order valence-corrected chi connectivity index (χ4v) is 3.80.